The van der Waals surface area contributed by atoms with Gasteiger partial charge in [-0.2, -0.15) is 0 Å². The molecule has 0 bridgehead atoms. The van der Waals surface area contributed by atoms with Gasteiger partial charge in [0.25, 0.3) is 0 Å². The summed E-state index contributed by atoms with van der Waals surface area (Å²) in [5, 5.41) is 9.69. The van der Waals surface area contributed by atoms with Crippen LogP contribution < -0.4 is 0 Å². The summed E-state index contributed by atoms with van der Waals surface area (Å²) >= 11 is 0. The van der Waals surface area contributed by atoms with Crippen molar-refractivity contribution in [1.29, 1.82) is 0 Å². The number of methoxy groups -OCH3 is 1. The fourth-order valence-electron chi connectivity index (χ4n) is 3.50. The van der Waals surface area contributed by atoms with E-state index in [1.54, 1.807) is 0 Å². The lowest BCUT2D eigenvalue weighted by molar-refractivity contribution is -0.199. The predicted octanol–water partition coefficient (Wildman–Crippen LogP) is 1.74. The van der Waals surface area contributed by atoms with E-state index in [2.05, 4.69) is 0 Å². The summed E-state index contributed by atoms with van der Waals surface area (Å²) in [4.78, 5) is 36.8. The maximum Gasteiger partial charge on any atom is 0.306 e. The average Bonchev–Trinajstić information content (AvgIpc) is 2.56. The molecule has 0 aromatic rings. The molecule has 6 unspecified atom stereocenters. The molecule has 1 aliphatic carbocycles. The molecule has 1 fully saturated rings. The van der Waals surface area contributed by atoms with E-state index in [4.69, 9.17) is 14.2 Å². The van der Waals surface area contributed by atoms with Gasteiger partial charge in [0.05, 0.1) is 12.5 Å². The second-order valence-electron chi connectivity index (χ2n) is 7.42. The topological polar surface area (TPSA) is 99.1 Å². The van der Waals surface area contributed by atoms with E-state index in [9.17, 15) is 19.5 Å². The summed E-state index contributed by atoms with van der Waals surface area (Å²) in [7, 11) is 1.41. The summed E-state index contributed by atoms with van der Waals surface area (Å²) in [5.74, 6) is -2.79. The zero-order valence-corrected chi connectivity index (χ0v) is 16.6. The van der Waals surface area contributed by atoms with E-state index >= 15 is 0 Å². The summed E-state index contributed by atoms with van der Waals surface area (Å²) in [5.41, 5.74) is 0. The Morgan fingerprint density at radius 3 is 2.19 bits per heavy atom. The van der Waals surface area contributed by atoms with Gasteiger partial charge in [-0.25, -0.2) is 0 Å². The van der Waals surface area contributed by atoms with Crippen molar-refractivity contribution in [1.82, 2.24) is 0 Å². The third-order valence-corrected chi connectivity index (χ3v) is 5.11. The van der Waals surface area contributed by atoms with Gasteiger partial charge in [-0.1, -0.05) is 34.1 Å². The Labute approximate surface area is 155 Å². The molecule has 0 spiro atoms. The zero-order valence-electron chi connectivity index (χ0n) is 16.6. The largest absolute Gasteiger partial charge is 0.459 e. The van der Waals surface area contributed by atoms with E-state index in [1.807, 2.05) is 27.7 Å². The van der Waals surface area contributed by atoms with Crippen molar-refractivity contribution in [2.45, 2.75) is 65.8 Å². The lowest BCUT2D eigenvalue weighted by Crippen LogP contribution is -2.61. The molecule has 7 nitrogen and oxygen atoms in total. The fraction of sp³-hybridized carbons (Fsp3) is 0.842. The number of carbonyl (C=O) groups excluding carboxylic acids is 3. The van der Waals surface area contributed by atoms with E-state index in [0.717, 1.165) is 6.42 Å². The third kappa shape index (κ3) is 5.27. The highest BCUT2D eigenvalue weighted by Crippen LogP contribution is 2.37. The number of aliphatic hydroxyl groups is 1. The lowest BCUT2D eigenvalue weighted by atomic mass is 9.70. The SMILES string of the molecule is CCC(C)CC(=O)OC1C(=O)C(CO)C(OC)C(OC(C)=O)C1C(C)C. The van der Waals surface area contributed by atoms with Crippen LogP contribution in [0, 0.1) is 23.7 Å². The van der Waals surface area contributed by atoms with Crippen LogP contribution in [0.3, 0.4) is 0 Å². The Morgan fingerprint density at radius 1 is 1.15 bits per heavy atom. The number of Topliss-reactive ketones (excluding diaryl/α,β-unsaturated/α-hetero) is 1. The van der Waals surface area contributed by atoms with Crippen molar-refractivity contribution >= 4 is 17.7 Å². The Kier molecular flexibility index (Phi) is 8.70. The van der Waals surface area contributed by atoms with E-state index in [0.29, 0.717) is 0 Å². The Bertz CT molecular complexity index is 502. The Hall–Kier alpha value is -1.47. The minimum Gasteiger partial charge on any atom is -0.459 e. The second-order valence-corrected chi connectivity index (χ2v) is 7.42. The third-order valence-electron chi connectivity index (χ3n) is 5.11. The first-order valence-corrected chi connectivity index (χ1v) is 9.21. The van der Waals surface area contributed by atoms with Crippen LogP contribution >= 0.6 is 0 Å². The summed E-state index contributed by atoms with van der Waals surface area (Å²) in [6, 6.07) is 0. The summed E-state index contributed by atoms with van der Waals surface area (Å²) in [6.45, 7) is 8.45. The van der Waals surface area contributed by atoms with Crippen molar-refractivity contribution in [2.24, 2.45) is 23.7 Å². The van der Waals surface area contributed by atoms with E-state index < -0.39 is 48.7 Å². The molecule has 0 amide bonds. The predicted molar refractivity (Wildman–Crippen MR) is 94.2 cm³/mol. The van der Waals surface area contributed by atoms with Gasteiger partial charge in [0.2, 0.25) is 0 Å². The molecule has 7 heteroatoms. The number of carbonyl (C=O) groups is 3. The van der Waals surface area contributed by atoms with Crippen LogP contribution in [0.5, 0.6) is 0 Å². The molecular formula is C19H32O7. The smallest absolute Gasteiger partial charge is 0.306 e. The molecule has 0 aliphatic heterocycles. The van der Waals surface area contributed by atoms with Gasteiger partial charge in [0, 0.05) is 26.4 Å². The molecule has 0 aromatic carbocycles. The van der Waals surface area contributed by atoms with Crippen LogP contribution in [0.15, 0.2) is 0 Å². The van der Waals surface area contributed by atoms with E-state index in [1.165, 1.54) is 14.0 Å². The molecule has 0 saturated heterocycles. The van der Waals surface area contributed by atoms with Crippen LogP contribution in [0.1, 0.15) is 47.5 Å². The molecule has 0 aromatic heterocycles. The molecule has 1 N–H and O–H groups in total. The molecule has 0 radical (unpaired) electrons. The van der Waals surface area contributed by atoms with Gasteiger partial charge in [-0.15, -0.1) is 0 Å². The van der Waals surface area contributed by atoms with Crippen LogP contribution in [0.2, 0.25) is 0 Å². The number of hydrogen-bond donors (Lipinski definition) is 1. The lowest BCUT2D eigenvalue weighted by Gasteiger charge is -2.45. The average molecular weight is 372 g/mol. The minimum absolute atomic E-state index is 0.109. The first kappa shape index (κ1) is 22.6. The highest BCUT2D eigenvalue weighted by molar-refractivity contribution is 5.90. The van der Waals surface area contributed by atoms with Crippen molar-refractivity contribution < 1.29 is 33.7 Å². The minimum atomic E-state index is -1.07. The second kappa shape index (κ2) is 10.0. The highest BCUT2D eigenvalue weighted by Gasteiger charge is 2.54. The van der Waals surface area contributed by atoms with Crippen LogP contribution in [-0.2, 0) is 28.6 Å². The fourth-order valence-corrected chi connectivity index (χ4v) is 3.50. The number of ether oxygens (including phenoxy) is 3. The van der Waals surface area contributed by atoms with Crippen LogP contribution in [-0.4, -0.2) is 54.9 Å². The highest BCUT2D eigenvalue weighted by atomic mass is 16.6. The molecule has 0 heterocycles. The molecule has 6 atom stereocenters. The van der Waals surface area contributed by atoms with Crippen LogP contribution in [0.4, 0.5) is 0 Å². The van der Waals surface area contributed by atoms with Gasteiger partial charge in [0.15, 0.2) is 11.9 Å². The molecule has 1 saturated carbocycles. The Balaban J connectivity index is 3.19. The quantitative estimate of drug-likeness (QED) is 0.648. The van der Waals surface area contributed by atoms with Gasteiger partial charge >= 0.3 is 11.9 Å². The van der Waals surface area contributed by atoms with Crippen LogP contribution in [0.25, 0.3) is 0 Å². The van der Waals surface area contributed by atoms with Crippen molar-refractivity contribution in [3.63, 3.8) is 0 Å². The monoisotopic (exact) mass is 372 g/mol. The number of aliphatic hydroxyl groups excluding tert-OH is 1. The van der Waals surface area contributed by atoms with Gasteiger partial charge < -0.3 is 19.3 Å². The van der Waals surface area contributed by atoms with Crippen molar-refractivity contribution in [2.75, 3.05) is 13.7 Å². The number of rotatable bonds is 8. The summed E-state index contributed by atoms with van der Waals surface area (Å²) in [6.07, 6.45) is -1.61. The molecule has 150 valence electrons. The molecule has 1 aliphatic rings. The number of ketones is 1. The molecule has 1 rings (SSSR count). The van der Waals surface area contributed by atoms with Gasteiger partial charge in [0.1, 0.15) is 12.2 Å². The van der Waals surface area contributed by atoms with Gasteiger partial charge in [-0.05, 0) is 11.8 Å². The zero-order chi connectivity index (χ0) is 20.0. The molecular weight excluding hydrogens is 340 g/mol. The number of hydrogen-bond acceptors (Lipinski definition) is 7. The first-order valence-electron chi connectivity index (χ1n) is 9.21. The Morgan fingerprint density at radius 2 is 1.77 bits per heavy atom. The normalized spacial score (nSPS) is 30.2. The summed E-state index contributed by atoms with van der Waals surface area (Å²) < 4.78 is 16.4. The van der Waals surface area contributed by atoms with Crippen molar-refractivity contribution in [3.8, 4) is 0 Å². The maximum atomic E-state index is 12.9. The maximum absolute atomic E-state index is 12.9. The molecule has 26 heavy (non-hydrogen) atoms. The standard InChI is InChI=1S/C19H32O7/c1-7-11(4)8-14(22)26-18-15(10(2)3)19(25-12(5)21)17(24-6)13(9-20)16(18)23/h10-11,13,15,17-20H,7-9H2,1-6H3. The number of esters is 2. The van der Waals surface area contributed by atoms with Crippen molar-refractivity contribution in [3.05, 3.63) is 0 Å². The van der Waals surface area contributed by atoms with Gasteiger partial charge in [-0.3, -0.25) is 14.4 Å². The first-order chi connectivity index (χ1) is 12.2. The van der Waals surface area contributed by atoms with E-state index in [-0.39, 0.29) is 24.0 Å².